The minimum Gasteiger partial charge on any atom is -0.384 e. The molecule has 3 aliphatic rings. The van der Waals surface area contributed by atoms with Crippen molar-refractivity contribution in [3.63, 3.8) is 0 Å². The number of benzene rings is 2. The van der Waals surface area contributed by atoms with E-state index >= 15 is 0 Å². The van der Waals surface area contributed by atoms with Gasteiger partial charge in [0.15, 0.2) is 0 Å². The van der Waals surface area contributed by atoms with Gasteiger partial charge < -0.3 is 15.7 Å². The number of nitrogens with zero attached hydrogens (tertiary/aromatic N) is 2. The molecular formula is C33H40N4O2. The van der Waals surface area contributed by atoms with E-state index in [1.807, 2.05) is 36.4 Å². The maximum Gasteiger partial charge on any atom is 0.315 e. The minimum atomic E-state index is -0.702. The lowest BCUT2D eigenvalue weighted by molar-refractivity contribution is 0.185. The molecule has 0 spiro atoms. The van der Waals surface area contributed by atoms with E-state index in [0.717, 1.165) is 41.9 Å². The number of amides is 2. The SMILES string of the molecule is O=C(NCCc1cccc(C(O)c2cccnc2)c1)NC1CCC(CCN2C3CCC2c2ccccc23)CC1. The summed E-state index contributed by atoms with van der Waals surface area (Å²) in [7, 11) is 0. The molecule has 3 heterocycles. The average molecular weight is 525 g/mol. The number of aliphatic hydroxyl groups is 1. The van der Waals surface area contributed by atoms with Crippen LogP contribution in [-0.4, -0.2) is 40.2 Å². The predicted octanol–water partition coefficient (Wildman–Crippen LogP) is 5.85. The van der Waals surface area contributed by atoms with Crippen LogP contribution in [-0.2, 0) is 6.42 Å². The van der Waals surface area contributed by atoms with Gasteiger partial charge in [-0.15, -0.1) is 0 Å². The van der Waals surface area contributed by atoms with Crippen molar-refractivity contribution in [3.05, 3.63) is 101 Å². The maximum atomic E-state index is 12.6. The van der Waals surface area contributed by atoms with E-state index < -0.39 is 6.10 Å². The summed E-state index contributed by atoms with van der Waals surface area (Å²) < 4.78 is 0. The summed E-state index contributed by atoms with van der Waals surface area (Å²) in [5, 5.41) is 16.9. The fourth-order valence-electron chi connectivity index (χ4n) is 7.10. The zero-order valence-corrected chi connectivity index (χ0v) is 22.6. The molecule has 1 saturated carbocycles. The van der Waals surface area contributed by atoms with Crippen LogP contribution in [0.15, 0.2) is 73.1 Å². The summed E-state index contributed by atoms with van der Waals surface area (Å²) in [6, 6.07) is 22.1. The minimum absolute atomic E-state index is 0.0728. The molecule has 1 aliphatic carbocycles. The molecule has 6 rings (SSSR count). The quantitative estimate of drug-likeness (QED) is 0.328. The van der Waals surface area contributed by atoms with Crippen LogP contribution in [0.1, 0.15) is 91.0 Å². The molecule has 2 bridgehead atoms. The van der Waals surface area contributed by atoms with Gasteiger partial charge in [0.1, 0.15) is 6.10 Å². The van der Waals surface area contributed by atoms with E-state index in [9.17, 15) is 9.90 Å². The molecule has 1 aromatic heterocycles. The van der Waals surface area contributed by atoms with Gasteiger partial charge in [0.25, 0.3) is 0 Å². The van der Waals surface area contributed by atoms with Crippen LogP contribution in [0, 0.1) is 5.92 Å². The van der Waals surface area contributed by atoms with E-state index in [0.29, 0.717) is 18.6 Å². The Hall–Kier alpha value is -3.22. The van der Waals surface area contributed by atoms with Crippen LogP contribution in [0.2, 0.25) is 0 Å². The number of nitrogens with one attached hydrogen (secondary N) is 2. The number of carbonyl (C=O) groups is 1. The number of pyridine rings is 1. The van der Waals surface area contributed by atoms with Crippen molar-refractivity contribution >= 4 is 6.03 Å². The van der Waals surface area contributed by atoms with Crippen molar-refractivity contribution in [3.8, 4) is 0 Å². The van der Waals surface area contributed by atoms with Gasteiger partial charge in [-0.3, -0.25) is 9.88 Å². The Morgan fingerprint density at radius 1 is 0.923 bits per heavy atom. The van der Waals surface area contributed by atoms with E-state index in [4.69, 9.17) is 0 Å². The van der Waals surface area contributed by atoms with E-state index in [1.165, 1.54) is 38.6 Å². The fraction of sp³-hybridized carbons (Fsp3) is 0.455. The highest BCUT2D eigenvalue weighted by molar-refractivity contribution is 5.74. The van der Waals surface area contributed by atoms with Gasteiger partial charge in [0.2, 0.25) is 0 Å². The zero-order valence-electron chi connectivity index (χ0n) is 22.6. The third kappa shape index (κ3) is 5.87. The van der Waals surface area contributed by atoms with Gasteiger partial charge >= 0.3 is 6.03 Å². The second-order valence-corrected chi connectivity index (χ2v) is 11.6. The van der Waals surface area contributed by atoms with Crippen molar-refractivity contribution in [1.29, 1.82) is 0 Å². The molecule has 1 saturated heterocycles. The first-order valence-corrected chi connectivity index (χ1v) is 14.7. The normalized spacial score (nSPS) is 24.7. The van der Waals surface area contributed by atoms with Crippen molar-refractivity contribution < 1.29 is 9.90 Å². The number of hydrogen-bond acceptors (Lipinski definition) is 4. The molecule has 3 aromatic rings. The summed E-state index contributed by atoms with van der Waals surface area (Å²) in [5.41, 5.74) is 5.84. The predicted molar refractivity (Wildman–Crippen MR) is 153 cm³/mol. The third-order valence-electron chi connectivity index (χ3n) is 9.17. The number of aliphatic hydroxyl groups excluding tert-OH is 1. The van der Waals surface area contributed by atoms with Gasteiger partial charge in [0, 0.05) is 42.6 Å². The van der Waals surface area contributed by atoms with Crippen LogP contribution in [0.25, 0.3) is 0 Å². The average Bonchev–Trinajstić information content (AvgIpc) is 3.53. The Bertz CT molecular complexity index is 1230. The molecule has 2 aromatic carbocycles. The van der Waals surface area contributed by atoms with Gasteiger partial charge in [-0.1, -0.05) is 54.6 Å². The highest BCUT2D eigenvalue weighted by Gasteiger charge is 2.43. The molecular weight excluding hydrogens is 484 g/mol. The maximum absolute atomic E-state index is 12.6. The van der Waals surface area contributed by atoms with Crippen molar-refractivity contribution in [2.45, 2.75) is 75.6 Å². The lowest BCUT2D eigenvalue weighted by Gasteiger charge is -2.31. The Labute approximate surface area is 231 Å². The summed E-state index contributed by atoms with van der Waals surface area (Å²) in [6.07, 6.45) is 11.8. The lowest BCUT2D eigenvalue weighted by Crippen LogP contribution is -2.44. The first-order valence-electron chi connectivity index (χ1n) is 14.7. The lowest BCUT2D eigenvalue weighted by atomic mass is 9.84. The van der Waals surface area contributed by atoms with Crippen molar-refractivity contribution in [1.82, 2.24) is 20.5 Å². The number of hydrogen-bond donors (Lipinski definition) is 3. The van der Waals surface area contributed by atoms with Gasteiger partial charge in [0.05, 0.1) is 0 Å². The summed E-state index contributed by atoms with van der Waals surface area (Å²) in [4.78, 5) is 19.4. The Morgan fingerprint density at radius 2 is 1.67 bits per heavy atom. The second kappa shape index (κ2) is 11.9. The molecule has 39 heavy (non-hydrogen) atoms. The standard InChI is InChI=1S/C33H40N4O2/c38-32(26-7-4-18-34-22-26)25-6-3-5-24(21-25)16-19-35-33(39)36-27-12-10-23(11-13-27)17-20-37-30-14-15-31(37)29-9-2-1-8-28(29)30/h1-9,18,21-23,27,30-32,38H,10-17,19-20H2,(H2,35,36,39). The fourth-order valence-corrected chi connectivity index (χ4v) is 7.10. The monoisotopic (exact) mass is 524 g/mol. The van der Waals surface area contributed by atoms with Crippen LogP contribution in [0.5, 0.6) is 0 Å². The first-order chi connectivity index (χ1) is 19.2. The van der Waals surface area contributed by atoms with Crippen LogP contribution < -0.4 is 10.6 Å². The molecule has 0 radical (unpaired) electrons. The van der Waals surface area contributed by atoms with Gasteiger partial charge in [-0.05, 0) is 92.1 Å². The Morgan fingerprint density at radius 3 is 2.38 bits per heavy atom. The highest BCUT2D eigenvalue weighted by atomic mass is 16.3. The number of carbonyl (C=O) groups excluding carboxylic acids is 1. The van der Waals surface area contributed by atoms with Crippen molar-refractivity contribution in [2.75, 3.05) is 13.1 Å². The molecule has 6 nitrogen and oxygen atoms in total. The highest BCUT2D eigenvalue weighted by Crippen LogP contribution is 2.53. The van der Waals surface area contributed by atoms with Gasteiger partial charge in [-0.2, -0.15) is 0 Å². The first kappa shape index (κ1) is 26.0. The van der Waals surface area contributed by atoms with Crippen LogP contribution in [0.3, 0.4) is 0 Å². The van der Waals surface area contributed by atoms with Crippen molar-refractivity contribution in [2.24, 2.45) is 5.92 Å². The van der Waals surface area contributed by atoms with Crippen LogP contribution in [0.4, 0.5) is 4.79 Å². The Kier molecular flexibility index (Phi) is 7.93. The molecule has 2 aliphatic heterocycles. The smallest absolute Gasteiger partial charge is 0.315 e. The second-order valence-electron chi connectivity index (χ2n) is 11.6. The van der Waals surface area contributed by atoms with Crippen LogP contribution >= 0.6 is 0 Å². The molecule has 3 atom stereocenters. The topological polar surface area (TPSA) is 77.5 Å². The van der Waals surface area contributed by atoms with E-state index in [2.05, 4.69) is 44.8 Å². The molecule has 3 unspecified atom stereocenters. The largest absolute Gasteiger partial charge is 0.384 e. The zero-order chi connectivity index (χ0) is 26.6. The summed E-state index contributed by atoms with van der Waals surface area (Å²) in [6.45, 7) is 1.77. The number of rotatable bonds is 9. The third-order valence-corrected chi connectivity index (χ3v) is 9.17. The summed E-state index contributed by atoms with van der Waals surface area (Å²) in [5.74, 6) is 0.767. The number of urea groups is 1. The number of fused-ring (bicyclic) bond motifs is 5. The summed E-state index contributed by atoms with van der Waals surface area (Å²) >= 11 is 0. The van der Waals surface area contributed by atoms with Gasteiger partial charge in [-0.25, -0.2) is 4.79 Å². The van der Waals surface area contributed by atoms with E-state index in [1.54, 1.807) is 23.5 Å². The molecule has 3 N–H and O–H groups in total. The molecule has 6 heteroatoms. The molecule has 2 fully saturated rings. The number of aromatic nitrogens is 1. The molecule has 204 valence electrons. The Balaban J connectivity index is 0.896. The van der Waals surface area contributed by atoms with E-state index in [-0.39, 0.29) is 12.1 Å². The molecule has 2 amide bonds.